The van der Waals surface area contributed by atoms with E-state index in [1.54, 1.807) is 13.8 Å². The Kier molecular flexibility index (Phi) is 3.54. The van der Waals surface area contributed by atoms with E-state index in [1.165, 1.54) is 0 Å². The third kappa shape index (κ3) is 2.96. The van der Waals surface area contributed by atoms with Gasteiger partial charge in [0.15, 0.2) is 0 Å². The largest absolute Gasteiger partial charge is 0.487 e. The average Bonchev–Trinajstić information content (AvgIpc) is 2.60. The zero-order valence-corrected chi connectivity index (χ0v) is 12.4. The van der Waals surface area contributed by atoms with Crippen LogP contribution in [-0.4, -0.2) is 21.8 Å². The smallest absolute Gasteiger partial charge is 0.309 e. The Morgan fingerprint density at radius 2 is 2.10 bits per heavy atom. The standard InChI is InChI=1S/C16H22O4/c1-15(2,14(18)19)9-12(17)10-5-6-13-11(7-10)8-16(3,4)20-13/h5-7,12,17H,8-9H2,1-4H3,(H,18,19). The molecule has 1 unspecified atom stereocenters. The summed E-state index contributed by atoms with van der Waals surface area (Å²) in [6.45, 7) is 7.30. The molecule has 0 spiro atoms. The Labute approximate surface area is 119 Å². The Balaban J connectivity index is 2.18. The summed E-state index contributed by atoms with van der Waals surface area (Å²) in [4.78, 5) is 11.1. The van der Waals surface area contributed by atoms with Crippen molar-refractivity contribution in [1.82, 2.24) is 0 Å². The summed E-state index contributed by atoms with van der Waals surface area (Å²) in [7, 11) is 0. The molecule has 1 atom stereocenters. The fourth-order valence-corrected chi connectivity index (χ4v) is 2.53. The van der Waals surface area contributed by atoms with Crippen LogP contribution in [0.1, 0.15) is 51.3 Å². The van der Waals surface area contributed by atoms with Gasteiger partial charge in [0.1, 0.15) is 11.4 Å². The molecule has 0 aliphatic carbocycles. The molecule has 0 radical (unpaired) electrons. The molecule has 4 heteroatoms. The van der Waals surface area contributed by atoms with Gasteiger partial charge in [-0.2, -0.15) is 0 Å². The highest BCUT2D eigenvalue weighted by Crippen LogP contribution is 2.38. The maximum absolute atomic E-state index is 11.1. The van der Waals surface area contributed by atoms with E-state index in [-0.39, 0.29) is 12.0 Å². The molecule has 1 aliphatic heterocycles. The first-order chi connectivity index (χ1) is 9.11. The van der Waals surface area contributed by atoms with Gasteiger partial charge in [-0.05, 0) is 57.4 Å². The van der Waals surface area contributed by atoms with Crippen LogP contribution in [0, 0.1) is 5.41 Å². The van der Waals surface area contributed by atoms with Crippen LogP contribution in [0.4, 0.5) is 0 Å². The van der Waals surface area contributed by atoms with E-state index in [9.17, 15) is 9.90 Å². The van der Waals surface area contributed by atoms with Gasteiger partial charge < -0.3 is 14.9 Å². The zero-order chi connectivity index (χ0) is 15.1. The van der Waals surface area contributed by atoms with Crippen molar-refractivity contribution in [2.24, 2.45) is 5.41 Å². The number of carboxylic acid groups (broad SMARTS) is 1. The van der Waals surface area contributed by atoms with E-state index in [4.69, 9.17) is 9.84 Å². The average molecular weight is 278 g/mol. The SMILES string of the molecule is CC1(C)Cc2cc(C(O)CC(C)(C)C(=O)O)ccc2O1. The first-order valence-corrected chi connectivity index (χ1v) is 6.84. The van der Waals surface area contributed by atoms with Crippen molar-refractivity contribution in [3.8, 4) is 5.75 Å². The first-order valence-electron chi connectivity index (χ1n) is 6.84. The fourth-order valence-electron chi connectivity index (χ4n) is 2.53. The molecule has 0 aromatic heterocycles. The summed E-state index contributed by atoms with van der Waals surface area (Å²) < 4.78 is 5.79. The van der Waals surface area contributed by atoms with Crippen molar-refractivity contribution in [3.63, 3.8) is 0 Å². The molecule has 1 aromatic rings. The van der Waals surface area contributed by atoms with E-state index in [2.05, 4.69) is 0 Å². The van der Waals surface area contributed by atoms with E-state index < -0.39 is 17.5 Å². The number of rotatable bonds is 4. The van der Waals surface area contributed by atoms with Gasteiger partial charge in [-0.15, -0.1) is 0 Å². The number of fused-ring (bicyclic) bond motifs is 1. The number of carboxylic acids is 1. The van der Waals surface area contributed by atoms with Gasteiger partial charge in [0, 0.05) is 6.42 Å². The van der Waals surface area contributed by atoms with Gasteiger partial charge >= 0.3 is 5.97 Å². The molecular weight excluding hydrogens is 256 g/mol. The summed E-state index contributed by atoms with van der Waals surface area (Å²) in [6, 6.07) is 5.59. The highest BCUT2D eigenvalue weighted by molar-refractivity contribution is 5.73. The Bertz CT molecular complexity index is 531. The van der Waals surface area contributed by atoms with Crippen molar-refractivity contribution in [2.75, 3.05) is 0 Å². The molecule has 0 saturated carbocycles. The van der Waals surface area contributed by atoms with E-state index in [1.807, 2.05) is 32.0 Å². The molecule has 0 fully saturated rings. The molecular formula is C16H22O4. The van der Waals surface area contributed by atoms with E-state index in [0.717, 1.165) is 23.3 Å². The number of hydrogen-bond acceptors (Lipinski definition) is 3. The van der Waals surface area contributed by atoms with Crippen LogP contribution in [0.25, 0.3) is 0 Å². The maximum atomic E-state index is 11.1. The number of carbonyl (C=O) groups is 1. The van der Waals surface area contributed by atoms with Crippen LogP contribution in [0.3, 0.4) is 0 Å². The number of benzene rings is 1. The molecule has 1 heterocycles. The van der Waals surface area contributed by atoms with Crippen molar-refractivity contribution >= 4 is 5.97 Å². The van der Waals surface area contributed by atoms with Crippen LogP contribution in [0.5, 0.6) is 5.75 Å². The van der Waals surface area contributed by atoms with Crippen LogP contribution < -0.4 is 4.74 Å². The second-order valence-electron chi connectivity index (χ2n) is 6.81. The molecule has 110 valence electrons. The minimum Gasteiger partial charge on any atom is -0.487 e. The molecule has 1 aromatic carbocycles. The molecule has 0 amide bonds. The molecule has 20 heavy (non-hydrogen) atoms. The number of hydrogen-bond donors (Lipinski definition) is 2. The van der Waals surface area contributed by atoms with Crippen molar-refractivity contribution in [3.05, 3.63) is 29.3 Å². The topological polar surface area (TPSA) is 66.8 Å². The molecule has 1 aliphatic rings. The van der Waals surface area contributed by atoms with Gasteiger partial charge in [-0.25, -0.2) is 0 Å². The van der Waals surface area contributed by atoms with Gasteiger partial charge in [-0.3, -0.25) is 4.79 Å². The Morgan fingerprint density at radius 1 is 1.45 bits per heavy atom. The van der Waals surface area contributed by atoms with E-state index >= 15 is 0 Å². The van der Waals surface area contributed by atoms with Gasteiger partial charge in [0.25, 0.3) is 0 Å². The van der Waals surface area contributed by atoms with Gasteiger partial charge in [-0.1, -0.05) is 6.07 Å². The van der Waals surface area contributed by atoms with Gasteiger partial charge in [0.05, 0.1) is 11.5 Å². The van der Waals surface area contributed by atoms with Crippen LogP contribution in [0.2, 0.25) is 0 Å². The molecule has 0 saturated heterocycles. The van der Waals surface area contributed by atoms with E-state index in [0.29, 0.717) is 0 Å². The molecule has 0 bridgehead atoms. The fraction of sp³-hybridized carbons (Fsp3) is 0.562. The molecule has 2 N–H and O–H groups in total. The monoisotopic (exact) mass is 278 g/mol. The van der Waals surface area contributed by atoms with Crippen LogP contribution >= 0.6 is 0 Å². The minimum absolute atomic E-state index is 0.186. The Morgan fingerprint density at radius 3 is 2.70 bits per heavy atom. The summed E-state index contributed by atoms with van der Waals surface area (Å²) in [5, 5.41) is 19.4. The van der Waals surface area contributed by atoms with Crippen LogP contribution in [0.15, 0.2) is 18.2 Å². The summed E-state index contributed by atoms with van der Waals surface area (Å²) in [5.74, 6) is -0.0504. The first kappa shape index (κ1) is 14.9. The van der Waals surface area contributed by atoms with Crippen LogP contribution in [-0.2, 0) is 11.2 Å². The lowest BCUT2D eigenvalue weighted by Crippen LogP contribution is -2.26. The zero-order valence-electron chi connectivity index (χ0n) is 12.4. The lowest BCUT2D eigenvalue weighted by Gasteiger charge is -2.23. The molecule has 4 nitrogen and oxygen atoms in total. The highest BCUT2D eigenvalue weighted by atomic mass is 16.5. The summed E-state index contributed by atoms with van der Waals surface area (Å²) in [5.41, 5.74) is 0.652. The quantitative estimate of drug-likeness (QED) is 0.888. The summed E-state index contributed by atoms with van der Waals surface area (Å²) in [6.07, 6.45) is 0.200. The number of aliphatic hydroxyl groups is 1. The number of aliphatic hydroxyl groups excluding tert-OH is 1. The summed E-state index contributed by atoms with van der Waals surface area (Å²) >= 11 is 0. The lowest BCUT2D eigenvalue weighted by molar-refractivity contribution is -0.148. The second-order valence-corrected chi connectivity index (χ2v) is 6.81. The second kappa shape index (κ2) is 4.77. The molecule has 2 rings (SSSR count). The Hall–Kier alpha value is -1.55. The third-order valence-electron chi connectivity index (χ3n) is 3.75. The highest BCUT2D eigenvalue weighted by Gasteiger charge is 2.33. The predicted molar refractivity (Wildman–Crippen MR) is 75.8 cm³/mol. The van der Waals surface area contributed by atoms with Crippen molar-refractivity contribution in [1.29, 1.82) is 0 Å². The van der Waals surface area contributed by atoms with Gasteiger partial charge in [0.2, 0.25) is 0 Å². The predicted octanol–water partition coefficient (Wildman–Crippen LogP) is 2.93. The lowest BCUT2D eigenvalue weighted by atomic mass is 9.84. The normalized spacial score (nSPS) is 18.2. The van der Waals surface area contributed by atoms with Crippen molar-refractivity contribution < 1.29 is 19.7 Å². The minimum atomic E-state index is -0.950. The van der Waals surface area contributed by atoms with Crippen molar-refractivity contribution in [2.45, 2.75) is 52.2 Å². The number of aliphatic carboxylic acids is 1. The maximum Gasteiger partial charge on any atom is 0.309 e. The number of ether oxygens (including phenoxy) is 1. The third-order valence-corrected chi connectivity index (χ3v) is 3.75.